The molecule has 0 fully saturated rings. The van der Waals surface area contributed by atoms with E-state index in [1.807, 2.05) is 0 Å². The molecule has 168 valence electrons. The zero-order valence-corrected chi connectivity index (χ0v) is 16.3. The largest absolute Gasteiger partial charge is 0.508 e. The Kier molecular flexibility index (Phi) is 7.92. The third-order valence-corrected chi connectivity index (χ3v) is 4.03. The molecule has 0 aliphatic rings. The first-order valence-electron chi connectivity index (χ1n) is 8.67. The standard InChI is InChI=1S/C20H17F5O6/c1-20(9-28-2,10-30-19(27)29-8-11-6-4-3-5-7-11)18(26)31-17-15(24)13(22)12(21)14(23)16(17)25/h3-7H,8-10H2,1-2H3. The van der Waals surface area contributed by atoms with Crippen LogP contribution in [0.5, 0.6) is 5.75 Å². The fourth-order valence-electron chi connectivity index (χ4n) is 2.34. The molecule has 0 aliphatic heterocycles. The van der Waals surface area contributed by atoms with E-state index in [1.54, 1.807) is 30.3 Å². The van der Waals surface area contributed by atoms with E-state index in [1.165, 1.54) is 0 Å². The Labute approximate surface area is 173 Å². The molecule has 0 bridgehead atoms. The van der Waals surface area contributed by atoms with Gasteiger partial charge < -0.3 is 18.9 Å². The van der Waals surface area contributed by atoms with Crippen molar-refractivity contribution in [1.82, 2.24) is 0 Å². The molecule has 0 heterocycles. The second kappa shape index (κ2) is 10.2. The molecule has 0 aliphatic carbocycles. The maximum Gasteiger partial charge on any atom is 0.508 e. The Balaban J connectivity index is 2.09. The number of hydrogen-bond acceptors (Lipinski definition) is 6. The lowest BCUT2D eigenvalue weighted by Crippen LogP contribution is -2.41. The molecule has 0 aromatic heterocycles. The normalized spacial score (nSPS) is 12.7. The van der Waals surface area contributed by atoms with E-state index in [4.69, 9.17) is 14.2 Å². The third-order valence-electron chi connectivity index (χ3n) is 4.03. The summed E-state index contributed by atoms with van der Waals surface area (Å²) in [7, 11) is 1.16. The monoisotopic (exact) mass is 448 g/mol. The van der Waals surface area contributed by atoms with Gasteiger partial charge >= 0.3 is 12.1 Å². The Bertz CT molecular complexity index is 924. The molecule has 0 saturated heterocycles. The van der Waals surface area contributed by atoms with Crippen molar-refractivity contribution in [1.29, 1.82) is 0 Å². The summed E-state index contributed by atoms with van der Waals surface area (Å²) in [5, 5.41) is 0. The highest BCUT2D eigenvalue weighted by Gasteiger charge is 2.40. The van der Waals surface area contributed by atoms with Crippen LogP contribution in [0.15, 0.2) is 30.3 Å². The molecule has 0 amide bonds. The molecule has 0 saturated carbocycles. The third kappa shape index (κ3) is 5.69. The van der Waals surface area contributed by atoms with E-state index in [9.17, 15) is 31.5 Å². The Hall–Kier alpha value is -3.21. The van der Waals surface area contributed by atoms with Gasteiger partial charge in [0.2, 0.25) is 34.8 Å². The van der Waals surface area contributed by atoms with Crippen LogP contribution in [0.2, 0.25) is 0 Å². The van der Waals surface area contributed by atoms with Crippen molar-refractivity contribution in [3.63, 3.8) is 0 Å². The van der Waals surface area contributed by atoms with Crippen molar-refractivity contribution in [2.45, 2.75) is 13.5 Å². The number of ether oxygens (including phenoxy) is 4. The van der Waals surface area contributed by atoms with Crippen LogP contribution in [0.4, 0.5) is 26.7 Å². The van der Waals surface area contributed by atoms with E-state index in [-0.39, 0.29) is 6.61 Å². The second-order valence-electron chi connectivity index (χ2n) is 6.60. The molecule has 1 unspecified atom stereocenters. The number of rotatable bonds is 8. The van der Waals surface area contributed by atoms with Gasteiger partial charge in [-0.25, -0.2) is 18.0 Å². The number of methoxy groups -OCH3 is 1. The lowest BCUT2D eigenvalue weighted by Gasteiger charge is -2.25. The van der Waals surface area contributed by atoms with Gasteiger partial charge in [-0.15, -0.1) is 0 Å². The van der Waals surface area contributed by atoms with Gasteiger partial charge in [0.05, 0.1) is 6.61 Å². The van der Waals surface area contributed by atoms with Gasteiger partial charge in [-0.05, 0) is 12.5 Å². The summed E-state index contributed by atoms with van der Waals surface area (Å²) in [6, 6.07) is 8.56. The van der Waals surface area contributed by atoms with Crippen LogP contribution in [-0.2, 0) is 25.6 Å². The van der Waals surface area contributed by atoms with Gasteiger partial charge in [0, 0.05) is 7.11 Å². The lowest BCUT2D eigenvalue weighted by atomic mass is 9.93. The zero-order valence-electron chi connectivity index (χ0n) is 16.3. The molecule has 2 aromatic rings. The zero-order chi connectivity index (χ0) is 23.2. The summed E-state index contributed by atoms with van der Waals surface area (Å²) in [6.07, 6.45) is -1.17. The van der Waals surface area contributed by atoms with E-state index in [0.29, 0.717) is 5.56 Å². The molecule has 1 atom stereocenters. The lowest BCUT2D eigenvalue weighted by molar-refractivity contribution is -0.152. The maximum atomic E-state index is 13.8. The van der Waals surface area contributed by atoms with Gasteiger partial charge in [-0.1, -0.05) is 30.3 Å². The average Bonchev–Trinajstić information content (AvgIpc) is 2.77. The molecule has 31 heavy (non-hydrogen) atoms. The van der Waals surface area contributed by atoms with Crippen molar-refractivity contribution < 1.29 is 50.5 Å². The smallest absolute Gasteiger partial charge is 0.433 e. The highest BCUT2D eigenvalue weighted by Crippen LogP contribution is 2.31. The molecular weight excluding hydrogens is 431 g/mol. The minimum atomic E-state index is -2.40. The van der Waals surface area contributed by atoms with Crippen LogP contribution < -0.4 is 4.74 Å². The first-order chi connectivity index (χ1) is 14.6. The first kappa shape index (κ1) is 24.1. The van der Waals surface area contributed by atoms with Crippen LogP contribution in [0, 0.1) is 34.5 Å². The maximum absolute atomic E-state index is 13.8. The summed E-state index contributed by atoms with van der Waals surface area (Å²) in [5.41, 5.74) is -1.20. The van der Waals surface area contributed by atoms with Crippen LogP contribution in [0.25, 0.3) is 0 Å². The van der Waals surface area contributed by atoms with E-state index in [0.717, 1.165) is 14.0 Å². The van der Waals surface area contributed by atoms with Gasteiger partial charge in [0.25, 0.3) is 0 Å². The Morgan fingerprint density at radius 2 is 1.39 bits per heavy atom. The van der Waals surface area contributed by atoms with Crippen molar-refractivity contribution in [3.05, 3.63) is 65.0 Å². The minimum Gasteiger partial charge on any atom is -0.433 e. The molecule has 0 spiro atoms. The van der Waals surface area contributed by atoms with E-state index in [2.05, 4.69) is 4.74 Å². The van der Waals surface area contributed by atoms with Crippen molar-refractivity contribution >= 4 is 12.1 Å². The van der Waals surface area contributed by atoms with Gasteiger partial charge in [0.1, 0.15) is 18.6 Å². The van der Waals surface area contributed by atoms with Crippen LogP contribution in [-0.4, -0.2) is 32.4 Å². The summed E-state index contributed by atoms with van der Waals surface area (Å²) in [4.78, 5) is 24.2. The van der Waals surface area contributed by atoms with Crippen LogP contribution in [0.1, 0.15) is 12.5 Å². The molecule has 0 radical (unpaired) electrons. The van der Waals surface area contributed by atoms with E-state index < -0.39 is 65.6 Å². The minimum absolute atomic E-state index is 0.129. The number of halogens is 5. The molecule has 2 aromatic carbocycles. The number of carbonyl (C=O) groups excluding carboxylic acids is 2. The summed E-state index contributed by atoms with van der Waals surface area (Å²) >= 11 is 0. The topological polar surface area (TPSA) is 71.1 Å². The molecule has 11 heteroatoms. The predicted molar refractivity (Wildman–Crippen MR) is 94.4 cm³/mol. The number of carbonyl (C=O) groups is 2. The number of benzene rings is 2. The highest BCUT2D eigenvalue weighted by molar-refractivity contribution is 5.79. The van der Waals surface area contributed by atoms with Gasteiger partial charge in [0.15, 0.2) is 0 Å². The molecular formula is C20H17F5O6. The molecule has 6 nitrogen and oxygen atoms in total. The molecule has 2 rings (SSSR count). The summed E-state index contributed by atoms with van der Waals surface area (Å²) in [6.45, 7) is -0.207. The number of esters is 1. The summed E-state index contributed by atoms with van der Waals surface area (Å²) < 4.78 is 86.3. The van der Waals surface area contributed by atoms with E-state index >= 15 is 0 Å². The second-order valence-corrected chi connectivity index (χ2v) is 6.60. The van der Waals surface area contributed by atoms with Gasteiger partial charge in [-0.3, -0.25) is 4.79 Å². The van der Waals surface area contributed by atoms with Gasteiger partial charge in [-0.2, -0.15) is 8.78 Å². The van der Waals surface area contributed by atoms with Crippen molar-refractivity contribution in [2.75, 3.05) is 20.3 Å². The molecule has 0 N–H and O–H groups in total. The fourth-order valence-corrected chi connectivity index (χ4v) is 2.34. The summed E-state index contributed by atoms with van der Waals surface area (Å²) in [5.74, 6) is -14.9. The predicted octanol–water partition coefficient (Wildman–Crippen LogP) is 4.29. The fraction of sp³-hybridized carbons (Fsp3) is 0.300. The van der Waals surface area contributed by atoms with Crippen molar-refractivity contribution in [3.8, 4) is 5.75 Å². The van der Waals surface area contributed by atoms with Crippen LogP contribution in [0.3, 0.4) is 0 Å². The van der Waals surface area contributed by atoms with Crippen LogP contribution >= 0.6 is 0 Å². The number of hydrogen-bond donors (Lipinski definition) is 0. The van der Waals surface area contributed by atoms with Crippen molar-refractivity contribution in [2.24, 2.45) is 5.41 Å². The Morgan fingerprint density at radius 3 is 1.94 bits per heavy atom. The SMILES string of the molecule is COCC(C)(COC(=O)OCc1ccccc1)C(=O)Oc1c(F)c(F)c(F)c(F)c1F. The first-order valence-corrected chi connectivity index (χ1v) is 8.67. The average molecular weight is 448 g/mol. The quantitative estimate of drug-likeness (QED) is 0.197. The highest BCUT2D eigenvalue weighted by atomic mass is 19.2. The Morgan fingerprint density at radius 1 is 0.839 bits per heavy atom.